The van der Waals surface area contributed by atoms with E-state index in [1.807, 2.05) is 13.8 Å². The maximum absolute atomic E-state index is 10.1. The van der Waals surface area contributed by atoms with Crippen LogP contribution in [0.15, 0.2) is 5.11 Å². The number of nitrogens with zero attached hydrogens (tertiary/aromatic N) is 3. The van der Waals surface area contributed by atoms with E-state index in [-0.39, 0.29) is 6.54 Å². The van der Waals surface area contributed by atoms with Gasteiger partial charge in [-0.25, -0.2) is 0 Å². The molecule has 0 bridgehead atoms. The van der Waals surface area contributed by atoms with Gasteiger partial charge in [0.1, 0.15) is 6.54 Å². The Bertz CT molecular complexity index is 215. The molecule has 0 spiro atoms. The van der Waals surface area contributed by atoms with Crippen LogP contribution < -0.4 is 0 Å². The van der Waals surface area contributed by atoms with Crippen molar-refractivity contribution in [3.05, 3.63) is 10.4 Å². The Morgan fingerprint density at radius 3 is 2.33 bits per heavy atom. The molecule has 0 rings (SSSR count). The zero-order valence-corrected chi connectivity index (χ0v) is 7.37. The van der Waals surface area contributed by atoms with E-state index in [1.165, 1.54) is 7.11 Å². The van der Waals surface area contributed by atoms with Crippen LogP contribution in [-0.2, 0) is 9.53 Å². The molecule has 0 unspecified atom stereocenters. The van der Waals surface area contributed by atoms with Crippen molar-refractivity contribution in [2.75, 3.05) is 13.7 Å². The highest BCUT2D eigenvalue weighted by atomic mass is 16.5. The summed E-state index contributed by atoms with van der Waals surface area (Å²) in [6.07, 6.45) is 0. The second kappa shape index (κ2) is 12.1. The van der Waals surface area contributed by atoms with E-state index in [9.17, 15) is 4.79 Å². The molecule has 0 aliphatic carbocycles. The minimum absolute atomic E-state index is 0.229. The smallest absolute Gasteiger partial charge is 0.311 e. The molecule has 0 aromatic rings. The summed E-state index contributed by atoms with van der Waals surface area (Å²) in [4.78, 5) is 12.4. The molecule has 0 saturated heterocycles. The lowest BCUT2D eigenvalue weighted by Crippen LogP contribution is -2.02. The first-order valence-electron chi connectivity index (χ1n) is 3.14. The van der Waals surface area contributed by atoms with Crippen LogP contribution in [0.2, 0.25) is 0 Å². The molecule has 0 fully saturated rings. The Hall–Kier alpha value is -1.66. The minimum atomic E-state index is -0.525. The van der Waals surface area contributed by atoms with Crippen molar-refractivity contribution >= 4 is 5.97 Å². The quantitative estimate of drug-likeness (QED) is 0.206. The number of carbonyl (C=O) groups is 1. The van der Waals surface area contributed by atoms with Gasteiger partial charge in [0.05, 0.1) is 7.11 Å². The largest absolute Gasteiger partial charge is 0.469 e. The van der Waals surface area contributed by atoms with Crippen LogP contribution in [0.3, 0.4) is 0 Å². The van der Waals surface area contributed by atoms with Gasteiger partial charge in [0.2, 0.25) is 0 Å². The molecule has 0 atom stereocenters. The highest BCUT2D eigenvalue weighted by Crippen LogP contribution is 1.74. The van der Waals surface area contributed by atoms with Gasteiger partial charge in [0.25, 0.3) is 0 Å². The molecule has 0 aliphatic rings. The van der Waals surface area contributed by atoms with Crippen LogP contribution in [0.25, 0.3) is 10.4 Å². The lowest BCUT2D eigenvalue weighted by atomic mass is 10.7. The van der Waals surface area contributed by atoms with E-state index >= 15 is 0 Å². The van der Waals surface area contributed by atoms with Gasteiger partial charge >= 0.3 is 5.97 Å². The Morgan fingerprint density at radius 2 is 2.08 bits per heavy atom. The number of esters is 1. The van der Waals surface area contributed by atoms with Gasteiger partial charge in [-0.2, -0.15) is 0 Å². The molecule has 5 nitrogen and oxygen atoms in total. The van der Waals surface area contributed by atoms with Crippen LogP contribution in [0.4, 0.5) is 0 Å². The molecule has 0 aromatic heterocycles. The third-order valence-corrected chi connectivity index (χ3v) is 0.741. The second-order valence-electron chi connectivity index (χ2n) is 1.47. The van der Waals surface area contributed by atoms with E-state index in [4.69, 9.17) is 5.53 Å². The molecular formula is C7H11N3O2. The van der Waals surface area contributed by atoms with E-state index in [1.54, 1.807) is 0 Å². The number of carbonyl (C=O) groups excluding carboxylic acids is 1. The zero-order chi connectivity index (χ0) is 9.82. The molecule has 0 amide bonds. The molecule has 0 saturated carbocycles. The molecule has 12 heavy (non-hydrogen) atoms. The Morgan fingerprint density at radius 1 is 1.58 bits per heavy atom. The van der Waals surface area contributed by atoms with E-state index in [0.29, 0.717) is 0 Å². The van der Waals surface area contributed by atoms with Crippen molar-refractivity contribution < 1.29 is 9.53 Å². The predicted molar refractivity (Wildman–Crippen MR) is 45.2 cm³/mol. The Kier molecular flexibility index (Phi) is 13.0. The van der Waals surface area contributed by atoms with Crippen molar-refractivity contribution in [3.63, 3.8) is 0 Å². The first kappa shape index (κ1) is 13.0. The summed E-state index contributed by atoms with van der Waals surface area (Å²) in [5, 5.41) is 2.95. The third kappa shape index (κ3) is 15.8. The topological polar surface area (TPSA) is 75.1 Å². The Labute approximate surface area is 71.3 Å². The molecule has 0 radical (unpaired) electrons. The van der Waals surface area contributed by atoms with Crippen molar-refractivity contribution in [1.29, 1.82) is 0 Å². The molecule has 5 heteroatoms. The van der Waals surface area contributed by atoms with E-state index in [0.717, 1.165) is 0 Å². The SMILES string of the molecule is CC#CC.COC(=O)CN=[N+]=[N-]. The monoisotopic (exact) mass is 169 g/mol. The average Bonchev–Trinajstić information content (AvgIpc) is 2.14. The van der Waals surface area contributed by atoms with Gasteiger partial charge in [-0.3, -0.25) is 4.79 Å². The number of ether oxygens (including phenoxy) is 1. The Balaban J connectivity index is 0. The fraction of sp³-hybridized carbons (Fsp3) is 0.571. The molecule has 66 valence electrons. The highest BCUT2D eigenvalue weighted by Gasteiger charge is 1.92. The van der Waals surface area contributed by atoms with Gasteiger partial charge in [-0.15, -0.1) is 11.8 Å². The number of hydrogen-bond donors (Lipinski definition) is 0. The number of azide groups is 1. The fourth-order valence-electron chi connectivity index (χ4n) is 0.154. The molecule has 0 N–H and O–H groups in total. The lowest BCUT2D eigenvalue weighted by molar-refractivity contribution is -0.138. The maximum Gasteiger partial charge on any atom is 0.311 e. The van der Waals surface area contributed by atoms with Gasteiger partial charge in [0.15, 0.2) is 0 Å². The molecular weight excluding hydrogens is 158 g/mol. The fourth-order valence-corrected chi connectivity index (χ4v) is 0.154. The van der Waals surface area contributed by atoms with Gasteiger partial charge in [-0.05, 0) is 19.4 Å². The van der Waals surface area contributed by atoms with Crippen LogP contribution >= 0.6 is 0 Å². The summed E-state index contributed by atoms with van der Waals surface area (Å²) in [6.45, 7) is 3.41. The minimum Gasteiger partial charge on any atom is -0.469 e. The molecule has 0 aromatic carbocycles. The third-order valence-electron chi connectivity index (χ3n) is 0.741. The standard InChI is InChI=1S/C4H6.C3H5N3O2/c1-3-4-2;1-8-3(7)2-5-6-4/h1-2H3;2H2,1H3. The summed E-state index contributed by atoms with van der Waals surface area (Å²) in [7, 11) is 1.23. The number of methoxy groups -OCH3 is 1. The average molecular weight is 169 g/mol. The van der Waals surface area contributed by atoms with E-state index in [2.05, 4.69) is 26.6 Å². The summed E-state index contributed by atoms with van der Waals surface area (Å²) in [6, 6.07) is 0. The van der Waals surface area contributed by atoms with Crippen molar-refractivity contribution in [2.45, 2.75) is 13.8 Å². The van der Waals surface area contributed by atoms with Crippen molar-refractivity contribution in [2.24, 2.45) is 5.11 Å². The van der Waals surface area contributed by atoms with Crippen LogP contribution in [0, 0.1) is 11.8 Å². The van der Waals surface area contributed by atoms with Crippen molar-refractivity contribution in [1.82, 2.24) is 0 Å². The molecule has 0 aliphatic heterocycles. The van der Waals surface area contributed by atoms with Gasteiger partial charge < -0.3 is 4.74 Å². The van der Waals surface area contributed by atoms with Crippen LogP contribution in [-0.4, -0.2) is 19.6 Å². The summed E-state index contributed by atoms with van der Waals surface area (Å²) >= 11 is 0. The predicted octanol–water partition coefficient (Wildman–Crippen LogP) is 1.50. The lowest BCUT2D eigenvalue weighted by Gasteiger charge is -1.87. The number of rotatable bonds is 2. The van der Waals surface area contributed by atoms with E-state index < -0.39 is 5.97 Å². The van der Waals surface area contributed by atoms with Crippen LogP contribution in [0.5, 0.6) is 0 Å². The van der Waals surface area contributed by atoms with Crippen LogP contribution in [0.1, 0.15) is 13.8 Å². The van der Waals surface area contributed by atoms with Gasteiger partial charge in [-0.1, -0.05) is 5.11 Å². The van der Waals surface area contributed by atoms with Crippen molar-refractivity contribution in [3.8, 4) is 11.8 Å². The maximum atomic E-state index is 10.1. The summed E-state index contributed by atoms with van der Waals surface area (Å²) < 4.78 is 4.15. The first-order chi connectivity index (χ1) is 5.72. The molecule has 0 heterocycles. The normalized spacial score (nSPS) is 5.92. The van der Waals surface area contributed by atoms with Gasteiger partial charge in [0, 0.05) is 4.91 Å². The number of hydrogen-bond acceptors (Lipinski definition) is 3. The zero-order valence-electron chi connectivity index (χ0n) is 7.37. The first-order valence-corrected chi connectivity index (χ1v) is 3.14. The summed E-state index contributed by atoms with van der Waals surface area (Å²) in [5.74, 6) is 4.84. The highest BCUT2D eigenvalue weighted by molar-refractivity contribution is 5.71. The summed E-state index contributed by atoms with van der Waals surface area (Å²) in [5.41, 5.74) is 7.66. The second-order valence-corrected chi connectivity index (χ2v) is 1.47.